The second kappa shape index (κ2) is 9.15. The van der Waals surface area contributed by atoms with Crippen LogP contribution in [0.3, 0.4) is 0 Å². The summed E-state index contributed by atoms with van der Waals surface area (Å²) in [6, 6.07) is 13.3. The van der Waals surface area contributed by atoms with Crippen LogP contribution < -0.4 is 5.32 Å². The van der Waals surface area contributed by atoms with E-state index >= 15 is 0 Å². The van der Waals surface area contributed by atoms with E-state index in [2.05, 4.69) is 5.32 Å². The first-order valence-electron chi connectivity index (χ1n) is 8.13. The number of Topliss-reactive ketones (excluding diaryl/α,β-unsaturated/α-hetero) is 1. The topological polar surface area (TPSA) is 72.5 Å². The molecule has 0 heterocycles. The number of ketones is 1. The molecule has 2 aromatic carbocycles. The van der Waals surface area contributed by atoms with E-state index < -0.39 is 12.0 Å². The molecule has 0 aromatic heterocycles. The minimum atomic E-state index is -0.570. The lowest BCUT2D eigenvalue weighted by Crippen LogP contribution is -2.29. The summed E-state index contributed by atoms with van der Waals surface area (Å²) in [5.41, 5.74) is 2.26. The number of carbonyl (C=O) groups excluding carboxylic acids is 3. The average molecular weight is 374 g/mol. The number of carbonyl (C=O) groups is 3. The number of hydrogen-bond donors (Lipinski definition) is 1. The molecule has 26 heavy (non-hydrogen) atoms. The molecule has 1 amide bonds. The molecule has 136 valence electrons. The number of halogens is 1. The van der Waals surface area contributed by atoms with Crippen LogP contribution in [-0.4, -0.2) is 24.3 Å². The Bertz CT molecular complexity index is 784. The number of benzene rings is 2. The highest BCUT2D eigenvalue weighted by atomic mass is 35.5. The number of aryl methyl sites for hydroxylation is 1. The van der Waals surface area contributed by atoms with Gasteiger partial charge in [0.1, 0.15) is 0 Å². The molecule has 0 radical (unpaired) electrons. The van der Waals surface area contributed by atoms with Gasteiger partial charge in [0.2, 0.25) is 5.91 Å². The van der Waals surface area contributed by atoms with E-state index in [9.17, 15) is 14.4 Å². The maximum absolute atomic E-state index is 12.1. The smallest absolute Gasteiger partial charge is 0.308 e. The van der Waals surface area contributed by atoms with Crippen molar-refractivity contribution in [3.8, 4) is 0 Å². The van der Waals surface area contributed by atoms with Crippen molar-refractivity contribution in [3.63, 3.8) is 0 Å². The van der Waals surface area contributed by atoms with Gasteiger partial charge in [0.25, 0.3) is 0 Å². The highest BCUT2D eigenvalue weighted by molar-refractivity contribution is 6.30. The summed E-state index contributed by atoms with van der Waals surface area (Å²) in [4.78, 5) is 35.6. The van der Waals surface area contributed by atoms with Crippen LogP contribution in [0, 0.1) is 6.92 Å². The van der Waals surface area contributed by atoms with Crippen molar-refractivity contribution in [2.45, 2.75) is 26.3 Å². The van der Waals surface area contributed by atoms with Crippen molar-refractivity contribution < 1.29 is 19.1 Å². The Kier molecular flexibility index (Phi) is 6.92. The van der Waals surface area contributed by atoms with Crippen LogP contribution in [0.2, 0.25) is 5.02 Å². The average Bonchev–Trinajstić information content (AvgIpc) is 2.60. The minimum Gasteiger partial charge on any atom is -0.457 e. The van der Waals surface area contributed by atoms with Gasteiger partial charge in [-0.2, -0.15) is 0 Å². The normalized spacial score (nSPS) is 11.5. The van der Waals surface area contributed by atoms with Crippen LogP contribution in [0.25, 0.3) is 0 Å². The Hall–Kier alpha value is -2.66. The molecule has 0 aliphatic carbocycles. The van der Waals surface area contributed by atoms with Crippen molar-refractivity contribution in [2.75, 3.05) is 6.61 Å². The first kappa shape index (κ1) is 19.7. The van der Waals surface area contributed by atoms with Crippen LogP contribution in [0.5, 0.6) is 0 Å². The molecular weight excluding hydrogens is 354 g/mol. The fraction of sp³-hybridized carbons (Fsp3) is 0.250. The quantitative estimate of drug-likeness (QED) is 0.594. The zero-order chi connectivity index (χ0) is 19.1. The number of nitrogens with one attached hydrogen (secondary N) is 1. The largest absolute Gasteiger partial charge is 0.457 e. The number of esters is 1. The lowest BCUT2D eigenvalue weighted by atomic mass is 10.0. The van der Waals surface area contributed by atoms with Crippen molar-refractivity contribution in [3.05, 3.63) is 70.2 Å². The third-order valence-electron chi connectivity index (χ3n) is 3.76. The second-order valence-electron chi connectivity index (χ2n) is 5.96. The molecule has 2 rings (SSSR count). The molecule has 1 N–H and O–H groups in total. The van der Waals surface area contributed by atoms with Crippen molar-refractivity contribution >= 4 is 29.3 Å². The van der Waals surface area contributed by atoms with Crippen LogP contribution in [0.15, 0.2) is 48.5 Å². The van der Waals surface area contributed by atoms with Gasteiger partial charge in [0, 0.05) is 17.5 Å². The summed E-state index contributed by atoms with van der Waals surface area (Å²) in [5, 5.41) is 3.26. The molecule has 1 atom stereocenters. The number of rotatable bonds is 7. The number of hydrogen-bond acceptors (Lipinski definition) is 4. The van der Waals surface area contributed by atoms with E-state index in [-0.39, 0.29) is 24.7 Å². The summed E-state index contributed by atoms with van der Waals surface area (Å²) in [7, 11) is 0. The predicted octanol–water partition coefficient (Wildman–Crippen LogP) is 3.64. The zero-order valence-corrected chi connectivity index (χ0v) is 15.4. The van der Waals surface area contributed by atoms with Crippen LogP contribution in [0.1, 0.15) is 40.9 Å². The zero-order valence-electron chi connectivity index (χ0n) is 14.6. The molecule has 0 saturated carbocycles. The lowest BCUT2D eigenvalue weighted by molar-refractivity contribution is -0.143. The summed E-state index contributed by atoms with van der Waals surface area (Å²) in [6.07, 6.45) is -0.0810. The van der Waals surface area contributed by atoms with Gasteiger partial charge < -0.3 is 10.1 Å². The van der Waals surface area contributed by atoms with E-state index in [4.69, 9.17) is 16.3 Å². The maximum Gasteiger partial charge on any atom is 0.308 e. The van der Waals surface area contributed by atoms with Gasteiger partial charge in [-0.25, -0.2) is 0 Å². The van der Waals surface area contributed by atoms with Crippen molar-refractivity contribution in [2.24, 2.45) is 0 Å². The second-order valence-corrected chi connectivity index (χ2v) is 6.40. The Morgan fingerprint density at radius 3 is 2.23 bits per heavy atom. The van der Waals surface area contributed by atoms with Gasteiger partial charge in [0.05, 0.1) is 12.5 Å². The molecule has 2 aromatic rings. The van der Waals surface area contributed by atoms with E-state index in [0.717, 1.165) is 11.1 Å². The van der Waals surface area contributed by atoms with Gasteiger partial charge in [-0.15, -0.1) is 0 Å². The minimum absolute atomic E-state index is 0.0810. The molecule has 5 nitrogen and oxygen atoms in total. The lowest BCUT2D eigenvalue weighted by Gasteiger charge is -2.17. The fourth-order valence-corrected chi connectivity index (χ4v) is 2.51. The molecule has 0 aliphatic rings. The molecule has 6 heteroatoms. The van der Waals surface area contributed by atoms with Gasteiger partial charge >= 0.3 is 5.97 Å². The molecule has 0 saturated heterocycles. The van der Waals surface area contributed by atoms with Gasteiger partial charge in [0.15, 0.2) is 12.4 Å². The first-order chi connectivity index (χ1) is 12.3. The first-order valence-corrected chi connectivity index (χ1v) is 8.51. The predicted molar refractivity (Wildman–Crippen MR) is 99.1 cm³/mol. The molecule has 0 fully saturated rings. The number of ether oxygens (including phenoxy) is 1. The summed E-state index contributed by atoms with van der Waals surface area (Å²) < 4.78 is 5.08. The molecule has 0 spiro atoms. The Labute approximate surface area is 157 Å². The Balaban J connectivity index is 1.96. The highest BCUT2D eigenvalue weighted by Gasteiger charge is 2.19. The van der Waals surface area contributed by atoms with Crippen molar-refractivity contribution in [1.29, 1.82) is 0 Å². The SMILES string of the molecule is CC(=O)NC(CC(=O)OCC(=O)c1ccc(C)cc1)c1ccc(Cl)cc1. The Morgan fingerprint density at radius 2 is 1.65 bits per heavy atom. The summed E-state index contributed by atoms with van der Waals surface area (Å²) in [6.45, 7) is 2.96. The monoisotopic (exact) mass is 373 g/mol. The third-order valence-corrected chi connectivity index (χ3v) is 4.01. The van der Waals surface area contributed by atoms with E-state index in [1.54, 1.807) is 36.4 Å². The number of amides is 1. The third kappa shape index (κ3) is 6.01. The molecule has 0 bridgehead atoms. The highest BCUT2D eigenvalue weighted by Crippen LogP contribution is 2.20. The van der Waals surface area contributed by atoms with Gasteiger partial charge in [-0.3, -0.25) is 14.4 Å². The van der Waals surface area contributed by atoms with Crippen molar-refractivity contribution in [1.82, 2.24) is 5.32 Å². The van der Waals surface area contributed by atoms with Crippen LogP contribution in [-0.2, 0) is 14.3 Å². The van der Waals surface area contributed by atoms with E-state index in [1.165, 1.54) is 6.92 Å². The summed E-state index contributed by atoms with van der Waals surface area (Å²) >= 11 is 5.86. The van der Waals surface area contributed by atoms with Crippen LogP contribution >= 0.6 is 11.6 Å². The molecular formula is C20H20ClNO4. The van der Waals surface area contributed by atoms with E-state index in [1.807, 2.05) is 19.1 Å². The molecule has 0 aliphatic heterocycles. The fourth-order valence-electron chi connectivity index (χ4n) is 2.39. The molecule has 1 unspecified atom stereocenters. The van der Waals surface area contributed by atoms with Crippen LogP contribution in [0.4, 0.5) is 0 Å². The van der Waals surface area contributed by atoms with Gasteiger partial charge in [-0.1, -0.05) is 53.6 Å². The maximum atomic E-state index is 12.1. The van der Waals surface area contributed by atoms with E-state index in [0.29, 0.717) is 10.6 Å². The standard InChI is InChI=1S/C20H20ClNO4/c1-13-3-5-16(6-4-13)19(24)12-26-20(25)11-18(22-14(2)23)15-7-9-17(21)10-8-15/h3-10,18H,11-12H2,1-2H3,(H,22,23). The summed E-state index contributed by atoms with van der Waals surface area (Å²) in [5.74, 6) is -1.12. The Morgan fingerprint density at radius 1 is 1.04 bits per heavy atom. The van der Waals surface area contributed by atoms with Gasteiger partial charge in [-0.05, 0) is 24.6 Å².